The Hall–Kier alpha value is -2.44. The molecule has 0 radical (unpaired) electrons. The fraction of sp³-hybridized carbons (Fsp3) is 0.200. The van der Waals surface area contributed by atoms with Crippen LogP contribution in [0, 0.1) is 0 Å². The Kier molecular flexibility index (Phi) is 4.15. The van der Waals surface area contributed by atoms with Gasteiger partial charge in [0.15, 0.2) is 11.3 Å². The van der Waals surface area contributed by atoms with Gasteiger partial charge in [0, 0.05) is 12.4 Å². The lowest BCUT2D eigenvalue weighted by Gasteiger charge is -2.06. The summed E-state index contributed by atoms with van der Waals surface area (Å²) in [4.78, 5) is 29.9. The standard InChI is InChI=1S/C10H11N3O4/c1-2-17-10(16)7(9(11)15)8(14)6-5-12-3-4-13-6/h3-5,14H,2H2,1H3,(H2,11,15)/b8-7-. The van der Waals surface area contributed by atoms with Gasteiger partial charge in [-0.1, -0.05) is 0 Å². The normalized spacial score (nSPS) is 11.6. The van der Waals surface area contributed by atoms with Gasteiger partial charge >= 0.3 is 5.97 Å². The lowest BCUT2D eigenvalue weighted by molar-refractivity contribution is -0.139. The quantitative estimate of drug-likeness (QED) is 0.246. The molecular formula is C10H11N3O4. The number of amides is 1. The number of aromatic nitrogens is 2. The van der Waals surface area contributed by atoms with Crippen molar-refractivity contribution < 1.29 is 19.4 Å². The van der Waals surface area contributed by atoms with Crippen molar-refractivity contribution in [3.63, 3.8) is 0 Å². The SMILES string of the molecule is CCOC(=O)/C(C(N)=O)=C(\O)c1cnccn1. The molecule has 7 nitrogen and oxygen atoms in total. The molecule has 0 spiro atoms. The number of nitrogens with zero attached hydrogens (tertiary/aromatic N) is 2. The van der Waals surface area contributed by atoms with Crippen molar-refractivity contribution >= 4 is 17.6 Å². The van der Waals surface area contributed by atoms with Crippen LogP contribution < -0.4 is 5.73 Å². The molecule has 0 aliphatic heterocycles. The van der Waals surface area contributed by atoms with Crippen LogP contribution in [0.25, 0.3) is 5.76 Å². The van der Waals surface area contributed by atoms with Crippen molar-refractivity contribution in [1.82, 2.24) is 9.97 Å². The van der Waals surface area contributed by atoms with E-state index in [9.17, 15) is 14.7 Å². The van der Waals surface area contributed by atoms with Crippen LogP contribution in [0.4, 0.5) is 0 Å². The van der Waals surface area contributed by atoms with Crippen LogP contribution in [0.2, 0.25) is 0 Å². The van der Waals surface area contributed by atoms with Crippen LogP contribution in [-0.2, 0) is 14.3 Å². The number of primary amides is 1. The minimum atomic E-state index is -1.09. The van der Waals surface area contributed by atoms with Crippen molar-refractivity contribution in [1.29, 1.82) is 0 Å². The molecule has 17 heavy (non-hydrogen) atoms. The van der Waals surface area contributed by atoms with Gasteiger partial charge in [-0.05, 0) is 6.92 Å². The summed E-state index contributed by atoms with van der Waals surface area (Å²) >= 11 is 0. The number of hydrogen-bond acceptors (Lipinski definition) is 6. The molecule has 7 heteroatoms. The molecule has 0 aliphatic carbocycles. The molecular weight excluding hydrogens is 226 g/mol. The van der Waals surface area contributed by atoms with E-state index in [0.717, 1.165) is 0 Å². The zero-order valence-corrected chi connectivity index (χ0v) is 9.08. The summed E-state index contributed by atoms with van der Waals surface area (Å²) < 4.78 is 4.60. The monoisotopic (exact) mass is 237 g/mol. The van der Waals surface area contributed by atoms with Crippen LogP contribution in [0.15, 0.2) is 24.2 Å². The van der Waals surface area contributed by atoms with Gasteiger partial charge in [-0.3, -0.25) is 9.78 Å². The van der Waals surface area contributed by atoms with Gasteiger partial charge in [-0.2, -0.15) is 0 Å². The molecule has 1 rings (SSSR count). The fourth-order valence-corrected chi connectivity index (χ4v) is 1.07. The van der Waals surface area contributed by atoms with E-state index in [0.29, 0.717) is 0 Å². The van der Waals surface area contributed by atoms with Gasteiger partial charge in [0.25, 0.3) is 5.91 Å². The highest BCUT2D eigenvalue weighted by Gasteiger charge is 2.24. The highest BCUT2D eigenvalue weighted by Crippen LogP contribution is 2.13. The van der Waals surface area contributed by atoms with Crippen LogP contribution in [-0.4, -0.2) is 33.6 Å². The number of hydrogen-bond donors (Lipinski definition) is 2. The molecule has 0 bridgehead atoms. The molecule has 0 unspecified atom stereocenters. The Bertz CT molecular complexity index is 456. The van der Waals surface area contributed by atoms with Crippen LogP contribution in [0.3, 0.4) is 0 Å². The number of aliphatic hydroxyl groups is 1. The fourth-order valence-electron chi connectivity index (χ4n) is 1.07. The van der Waals surface area contributed by atoms with Gasteiger partial charge in [0.1, 0.15) is 5.69 Å². The van der Waals surface area contributed by atoms with E-state index >= 15 is 0 Å². The molecule has 0 aromatic carbocycles. The van der Waals surface area contributed by atoms with Crippen molar-refractivity contribution in [2.75, 3.05) is 6.61 Å². The first-order valence-electron chi connectivity index (χ1n) is 4.74. The molecule has 3 N–H and O–H groups in total. The van der Waals surface area contributed by atoms with E-state index in [1.165, 1.54) is 18.6 Å². The number of rotatable bonds is 4. The third-order valence-electron chi connectivity index (χ3n) is 1.77. The lowest BCUT2D eigenvalue weighted by atomic mass is 10.2. The summed E-state index contributed by atoms with van der Waals surface area (Å²) in [5.74, 6) is -2.74. The van der Waals surface area contributed by atoms with Crippen molar-refractivity contribution in [2.24, 2.45) is 5.73 Å². The third kappa shape index (κ3) is 3.00. The Morgan fingerprint density at radius 2 is 2.18 bits per heavy atom. The molecule has 1 aromatic heterocycles. The molecule has 0 aliphatic rings. The van der Waals surface area contributed by atoms with E-state index in [1.807, 2.05) is 0 Å². The lowest BCUT2D eigenvalue weighted by Crippen LogP contribution is -2.24. The second-order valence-electron chi connectivity index (χ2n) is 2.90. The van der Waals surface area contributed by atoms with Crippen LogP contribution in [0.1, 0.15) is 12.6 Å². The van der Waals surface area contributed by atoms with Gasteiger partial charge in [-0.25, -0.2) is 9.78 Å². The number of nitrogens with two attached hydrogens (primary N) is 1. The largest absolute Gasteiger partial charge is 0.505 e. The first-order valence-corrected chi connectivity index (χ1v) is 4.74. The average molecular weight is 237 g/mol. The topological polar surface area (TPSA) is 115 Å². The van der Waals surface area contributed by atoms with Gasteiger partial charge < -0.3 is 15.6 Å². The first kappa shape index (κ1) is 12.6. The maximum atomic E-state index is 11.4. The zero-order chi connectivity index (χ0) is 12.8. The summed E-state index contributed by atoms with van der Waals surface area (Å²) in [5, 5.41) is 9.72. The Morgan fingerprint density at radius 1 is 1.47 bits per heavy atom. The highest BCUT2D eigenvalue weighted by atomic mass is 16.5. The minimum absolute atomic E-state index is 0.0330. The van der Waals surface area contributed by atoms with Crippen molar-refractivity contribution in [3.8, 4) is 0 Å². The number of carbonyl (C=O) groups is 2. The van der Waals surface area contributed by atoms with Gasteiger partial charge in [0.2, 0.25) is 0 Å². The number of esters is 1. The van der Waals surface area contributed by atoms with Gasteiger partial charge in [0.05, 0.1) is 12.8 Å². The van der Waals surface area contributed by atoms with E-state index in [1.54, 1.807) is 6.92 Å². The summed E-state index contributed by atoms with van der Waals surface area (Å²) in [6.07, 6.45) is 3.87. The summed E-state index contributed by atoms with van der Waals surface area (Å²) in [6.45, 7) is 1.62. The summed E-state index contributed by atoms with van der Waals surface area (Å²) in [6, 6.07) is 0. The first-order chi connectivity index (χ1) is 8.07. The molecule has 0 atom stereocenters. The minimum Gasteiger partial charge on any atom is -0.505 e. The predicted octanol–water partition coefficient (Wildman–Crippen LogP) is -0.206. The zero-order valence-electron chi connectivity index (χ0n) is 9.08. The molecule has 1 aromatic rings. The van der Waals surface area contributed by atoms with E-state index < -0.39 is 23.2 Å². The maximum Gasteiger partial charge on any atom is 0.347 e. The Labute approximate surface area is 96.9 Å². The van der Waals surface area contributed by atoms with Crippen molar-refractivity contribution in [2.45, 2.75) is 6.92 Å². The predicted molar refractivity (Wildman–Crippen MR) is 57.4 cm³/mol. The van der Waals surface area contributed by atoms with Crippen LogP contribution >= 0.6 is 0 Å². The second-order valence-corrected chi connectivity index (χ2v) is 2.90. The second kappa shape index (κ2) is 5.59. The molecule has 1 heterocycles. The molecule has 0 saturated heterocycles. The molecule has 0 fully saturated rings. The molecule has 90 valence electrons. The Balaban J connectivity index is 3.21. The summed E-state index contributed by atoms with van der Waals surface area (Å²) in [5.41, 5.74) is 4.32. The average Bonchev–Trinajstić information content (AvgIpc) is 2.30. The maximum absolute atomic E-state index is 11.4. The van der Waals surface area contributed by atoms with E-state index in [2.05, 4.69) is 14.7 Å². The third-order valence-corrected chi connectivity index (χ3v) is 1.77. The summed E-state index contributed by atoms with van der Waals surface area (Å²) in [7, 11) is 0. The smallest absolute Gasteiger partial charge is 0.347 e. The van der Waals surface area contributed by atoms with Crippen LogP contribution in [0.5, 0.6) is 0 Å². The molecule has 1 amide bonds. The Morgan fingerprint density at radius 3 is 2.65 bits per heavy atom. The number of ether oxygens (including phenoxy) is 1. The van der Waals surface area contributed by atoms with E-state index in [4.69, 9.17) is 5.73 Å². The number of carbonyl (C=O) groups excluding carboxylic acids is 2. The van der Waals surface area contributed by atoms with Crippen molar-refractivity contribution in [3.05, 3.63) is 29.9 Å². The highest BCUT2D eigenvalue weighted by molar-refractivity contribution is 6.20. The van der Waals surface area contributed by atoms with Gasteiger partial charge in [-0.15, -0.1) is 0 Å². The number of aliphatic hydroxyl groups excluding tert-OH is 1. The van der Waals surface area contributed by atoms with E-state index in [-0.39, 0.29) is 12.3 Å². The molecule has 0 saturated carbocycles.